The summed E-state index contributed by atoms with van der Waals surface area (Å²) < 4.78 is 0. The number of amides is 1. The number of carbonyl (C=O) groups is 1. The van der Waals surface area contributed by atoms with Gasteiger partial charge in [-0.15, -0.1) is 0 Å². The fraction of sp³-hybridized carbons (Fsp3) is 0.316. The summed E-state index contributed by atoms with van der Waals surface area (Å²) in [5.41, 5.74) is 0.0271. The number of rotatable bonds is 6. The second kappa shape index (κ2) is 8.47. The molecule has 3 rings (SSSR count). The number of nitro groups is 2. The Morgan fingerprint density at radius 1 is 0.929 bits per heavy atom. The van der Waals surface area contributed by atoms with Crippen LogP contribution in [-0.4, -0.2) is 21.8 Å². The van der Waals surface area contributed by atoms with Crippen molar-refractivity contribution >= 4 is 28.7 Å². The van der Waals surface area contributed by atoms with Crippen molar-refractivity contribution in [2.24, 2.45) is 0 Å². The third-order valence-corrected chi connectivity index (χ3v) is 4.77. The van der Waals surface area contributed by atoms with Crippen LogP contribution in [0.25, 0.3) is 0 Å². The maximum atomic E-state index is 12.7. The molecule has 0 heterocycles. The SMILES string of the molecule is O=C(NC1CCCCC1)c1ccccc1Nc1ccc([N+](=O)[O-])cc1[N+](=O)[O-]. The summed E-state index contributed by atoms with van der Waals surface area (Å²) in [6.07, 6.45) is 5.22. The second-order valence-corrected chi connectivity index (χ2v) is 6.69. The predicted octanol–water partition coefficient (Wildman–Crippen LogP) is 4.31. The van der Waals surface area contributed by atoms with Gasteiger partial charge in [-0.2, -0.15) is 0 Å². The fourth-order valence-electron chi connectivity index (χ4n) is 3.34. The predicted molar refractivity (Wildman–Crippen MR) is 104 cm³/mol. The quantitative estimate of drug-likeness (QED) is 0.564. The summed E-state index contributed by atoms with van der Waals surface area (Å²) in [7, 11) is 0. The molecule has 1 aliphatic carbocycles. The summed E-state index contributed by atoms with van der Waals surface area (Å²) in [5.74, 6) is -0.250. The lowest BCUT2D eigenvalue weighted by Crippen LogP contribution is -2.36. The van der Waals surface area contributed by atoms with E-state index in [0.717, 1.165) is 31.7 Å². The first kappa shape index (κ1) is 19.3. The van der Waals surface area contributed by atoms with E-state index in [0.29, 0.717) is 11.3 Å². The van der Waals surface area contributed by atoms with E-state index in [1.54, 1.807) is 24.3 Å². The molecule has 0 atom stereocenters. The molecule has 146 valence electrons. The molecule has 0 aliphatic heterocycles. The van der Waals surface area contributed by atoms with Gasteiger partial charge in [0, 0.05) is 12.1 Å². The van der Waals surface area contributed by atoms with E-state index in [1.165, 1.54) is 18.6 Å². The van der Waals surface area contributed by atoms with Crippen molar-refractivity contribution in [3.63, 3.8) is 0 Å². The van der Waals surface area contributed by atoms with E-state index >= 15 is 0 Å². The molecule has 9 nitrogen and oxygen atoms in total. The van der Waals surface area contributed by atoms with Crippen LogP contribution in [0.5, 0.6) is 0 Å². The first-order valence-corrected chi connectivity index (χ1v) is 9.05. The van der Waals surface area contributed by atoms with Gasteiger partial charge in [-0.1, -0.05) is 31.4 Å². The van der Waals surface area contributed by atoms with Gasteiger partial charge in [0.2, 0.25) is 0 Å². The Morgan fingerprint density at radius 2 is 1.64 bits per heavy atom. The molecule has 1 aliphatic rings. The Hall–Kier alpha value is -3.49. The molecule has 2 aromatic carbocycles. The summed E-state index contributed by atoms with van der Waals surface area (Å²) in [5, 5.41) is 28.1. The zero-order chi connectivity index (χ0) is 20.1. The zero-order valence-corrected chi connectivity index (χ0v) is 15.1. The minimum absolute atomic E-state index is 0.0773. The molecule has 0 spiro atoms. The molecule has 2 N–H and O–H groups in total. The Kier molecular flexibility index (Phi) is 5.83. The number of nitro benzene ring substituents is 2. The van der Waals surface area contributed by atoms with E-state index in [-0.39, 0.29) is 23.3 Å². The number of non-ortho nitro benzene ring substituents is 1. The molecule has 1 saturated carbocycles. The molecule has 2 aromatic rings. The lowest BCUT2D eigenvalue weighted by atomic mass is 9.95. The monoisotopic (exact) mass is 384 g/mol. The average Bonchev–Trinajstić information content (AvgIpc) is 2.69. The summed E-state index contributed by atoms with van der Waals surface area (Å²) >= 11 is 0. The van der Waals surface area contributed by atoms with Gasteiger partial charge in [-0.05, 0) is 31.0 Å². The fourth-order valence-corrected chi connectivity index (χ4v) is 3.34. The Labute approximate surface area is 161 Å². The molecule has 28 heavy (non-hydrogen) atoms. The van der Waals surface area contributed by atoms with Crippen molar-refractivity contribution in [3.05, 3.63) is 68.3 Å². The number of hydrogen-bond acceptors (Lipinski definition) is 6. The molecule has 0 radical (unpaired) electrons. The van der Waals surface area contributed by atoms with Crippen molar-refractivity contribution in [1.82, 2.24) is 5.32 Å². The number of anilines is 2. The van der Waals surface area contributed by atoms with Crippen LogP contribution < -0.4 is 10.6 Å². The van der Waals surface area contributed by atoms with Crippen LogP contribution in [-0.2, 0) is 0 Å². The van der Waals surface area contributed by atoms with Crippen LogP contribution in [0.2, 0.25) is 0 Å². The van der Waals surface area contributed by atoms with Crippen molar-refractivity contribution < 1.29 is 14.6 Å². The number of carbonyl (C=O) groups excluding carboxylic acids is 1. The summed E-state index contributed by atoms with van der Waals surface area (Å²) in [4.78, 5) is 33.5. The lowest BCUT2D eigenvalue weighted by molar-refractivity contribution is -0.393. The van der Waals surface area contributed by atoms with Crippen LogP contribution in [0, 0.1) is 20.2 Å². The topological polar surface area (TPSA) is 127 Å². The molecule has 1 fully saturated rings. The number of nitrogens with one attached hydrogen (secondary N) is 2. The normalized spacial score (nSPS) is 14.3. The van der Waals surface area contributed by atoms with E-state index in [1.807, 2.05) is 0 Å². The molecule has 0 unspecified atom stereocenters. The standard InChI is InChI=1S/C19H20N4O5/c24-19(20-13-6-2-1-3-7-13)15-8-4-5-9-16(15)21-17-11-10-14(22(25)26)12-18(17)23(27)28/h4-5,8-13,21H,1-3,6-7H2,(H,20,24). The van der Waals surface area contributed by atoms with E-state index in [9.17, 15) is 25.0 Å². The highest BCUT2D eigenvalue weighted by atomic mass is 16.6. The molecule has 9 heteroatoms. The van der Waals surface area contributed by atoms with Crippen LogP contribution >= 0.6 is 0 Å². The molecule has 1 amide bonds. The number of hydrogen-bond donors (Lipinski definition) is 2. The lowest BCUT2D eigenvalue weighted by Gasteiger charge is -2.23. The largest absolute Gasteiger partial charge is 0.349 e. The van der Waals surface area contributed by atoms with E-state index in [4.69, 9.17) is 0 Å². The maximum absolute atomic E-state index is 12.7. The van der Waals surface area contributed by atoms with Gasteiger partial charge in [-0.3, -0.25) is 25.0 Å². The first-order valence-electron chi connectivity index (χ1n) is 9.05. The zero-order valence-electron chi connectivity index (χ0n) is 15.1. The molecule has 0 bridgehead atoms. The van der Waals surface area contributed by atoms with Gasteiger partial charge in [0.15, 0.2) is 0 Å². The highest BCUT2D eigenvalue weighted by molar-refractivity contribution is 6.00. The Balaban J connectivity index is 1.86. The molecular weight excluding hydrogens is 364 g/mol. The minimum Gasteiger partial charge on any atom is -0.349 e. The highest BCUT2D eigenvalue weighted by Crippen LogP contribution is 2.32. The maximum Gasteiger partial charge on any atom is 0.299 e. The number of para-hydroxylation sites is 1. The van der Waals surface area contributed by atoms with Gasteiger partial charge >= 0.3 is 0 Å². The third-order valence-electron chi connectivity index (χ3n) is 4.77. The molecule has 0 saturated heterocycles. The number of nitrogens with zero attached hydrogens (tertiary/aromatic N) is 2. The smallest absolute Gasteiger partial charge is 0.299 e. The van der Waals surface area contributed by atoms with Crippen molar-refractivity contribution in [2.75, 3.05) is 5.32 Å². The van der Waals surface area contributed by atoms with Gasteiger partial charge < -0.3 is 10.6 Å². The van der Waals surface area contributed by atoms with E-state index < -0.39 is 15.5 Å². The third kappa shape index (κ3) is 4.43. The van der Waals surface area contributed by atoms with Crippen LogP contribution in [0.1, 0.15) is 42.5 Å². The van der Waals surface area contributed by atoms with Crippen molar-refractivity contribution in [2.45, 2.75) is 38.1 Å². The van der Waals surface area contributed by atoms with Crippen molar-refractivity contribution in [3.8, 4) is 0 Å². The van der Waals surface area contributed by atoms with Crippen LogP contribution in [0.4, 0.5) is 22.7 Å². The highest BCUT2D eigenvalue weighted by Gasteiger charge is 2.22. The Morgan fingerprint density at radius 3 is 2.32 bits per heavy atom. The van der Waals surface area contributed by atoms with Crippen LogP contribution in [0.15, 0.2) is 42.5 Å². The van der Waals surface area contributed by atoms with Crippen molar-refractivity contribution in [1.29, 1.82) is 0 Å². The van der Waals surface area contributed by atoms with Gasteiger partial charge in [0.05, 0.1) is 27.2 Å². The summed E-state index contributed by atoms with van der Waals surface area (Å²) in [6, 6.07) is 10.2. The van der Waals surface area contributed by atoms with Crippen LogP contribution in [0.3, 0.4) is 0 Å². The van der Waals surface area contributed by atoms with Gasteiger partial charge in [0.25, 0.3) is 17.3 Å². The first-order chi connectivity index (χ1) is 13.5. The molecule has 0 aromatic heterocycles. The molecular formula is C19H20N4O5. The summed E-state index contributed by atoms with van der Waals surface area (Å²) in [6.45, 7) is 0. The van der Waals surface area contributed by atoms with Gasteiger partial charge in [-0.25, -0.2) is 0 Å². The van der Waals surface area contributed by atoms with E-state index in [2.05, 4.69) is 10.6 Å². The average molecular weight is 384 g/mol. The Bertz CT molecular complexity index is 909. The number of benzene rings is 2. The second-order valence-electron chi connectivity index (χ2n) is 6.69. The minimum atomic E-state index is -0.694. The van der Waals surface area contributed by atoms with Gasteiger partial charge in [0.1, 0.15) is 5.69 Å².